The molecule has 4 nitrogen and oxygen atoms in total. The largest absolute Gasteiger partial charge is 0.289 e. The average molecular weight is 341 g/mol. The highest BCUT2D eigenvalue weighted by Gasteiger charge is 2.14. The van der Waals surface area contributed by atoms with Crippen LogP contribution in [0.1, 0.15) is 36.7 Å². The molecule has 2 rings (SSSR count). The van der Waals surface area contributed by atoms with Crippen molar-refractivity contribution in [3.63, 3.8) is 0 Å². The third-order valence-corrected chi connectivity index (χ3v) is 4.32. The first-order chi connectivity index (χ1) is 11.3. The highest BCUT2D eigenvalue weighted by Crippen LogP contribution is 2.34. The van der Waals surface area contributed by atoms with Crippen LogP contribution in [0.3, 0.4) is 0 Å². The molecule has 0 amide bonds. The molecule has 124 valence electrons. The van der Waals surface area contributed by atoms with Crippen LogP contribution < -0.4 is 0 Å². The number of carbonyl (C=O) groups excluding carboxylic acids is 1. The quantitative estimate of drug-likeness (QED) is 0.241. The van der Waals surface area contributed by atoms with Crippen LogP contribution in [0.4, 0.5) is 5.69 Å². The lowest BCUT2D eigenvalue weighted by Gasteiger charge is -2.18. The lowest BCUT2D eigenvalue weighted by Crippen LogP contribution is -2.07. The summed E-state index contributed by atoms with van der Waals surface area (Å²) >= 11 is 1.74. The van der Waals surface area contributed by atoms with Gasteiger partial charge in [-0.1, -0.05) is 39.0 Å². The van der Waals surface area contributed by atoms with Crippen LogP contribution in [0, 0.1) is 10.1 Å². The van der Waals surface area contributed by atoms with E-state index in [2.05, 4.69) is 20.8 Å². The minimum Gasteiger partial charge on any atom is -0.289 e. The van der Waals surface area contributed by atoms with Crippen molar-refractivity contribution in [2.45, 2.75) is 30.4 Å². The van der Waals surface area contributed by atoms with Gasteiger partial charge in [-0.05, 0) is 35.9 Å². The van der Waals surface area contributed by atoms with Crippen LogP contribution >= 0.6 is 11.8 Å². The molecule has 2 aromatic carbocycles. The summed E-state index contributed by atoms with van der Waals surface area (Å²) < 4.78 is 0.0757. The number of carbonyl (C=O) groups is 1. The SMILES string of the molecule is CC(C)(C)Sc1ccccc1/C=C/C(=O)c1ccc([N+](=O)[O-])cc1. The Morgan fingerprint density at radius 1 is 1.08 bits per heavy atom. The van der Waals surface area contributed by atoms with Gasteiger partial charge in [-0.2, -0.15) is 0 Å². The second-order valence-electron chi connectivity index (χ2n) is 6.25. The Hall–Kier alpha value is -2.40. The number of allylic oxidation sites excluding steroid dienone is 1. The summed E-state index contributed by atoms with van der Waals surface area (Å²) in [7, 11) is 0. The van der Waals surface area contributed by atoms with Crippen LogP contribution in [0.2, 0.25) is 0 Å². The van der Waals surface area contributed by atoms with E-state index in [0.717, 1.165) is 10.5 Å². The summed E-state index contributed by atoms with van der Waals surface area (Å²) in [4.78, 5) is 23.5. The van der Waals surface area contributed by atoms with Gasteiger partial charge in [0.25, 0.3) is 5.69 Å². The summed E-state index contributed by atoms with van der Waals surface area (Å²) in [6, 6.07) is 13.5. The van der Waals surface area contributed by atoms with E-state index in [0.29, 0.717) is 5.56 Å². The van der Waals surface area contributed by atoms with Gasteiger partial charge in [-0.25, -0.2) is 0 Å². The molecule has 0 fully saturated rings. The van der Waals surface area contributed by atoms with Gasteiger partial charge in [0.15, 0.2) is 5.78 Å². The number of nitro benzene ring substituents is 1. The van der Waals surface area contributed by atoms with Gasteiger partial charge in [-0.3, -0.25) is 14.9 Å². The van der Waals surface area contributed by atoms with Crippen molar-refractivity contribution in [1.29, 1.82) is 0 Å². The fourth-order valence-electron chi connectivity index (χ4n) is 2.05. The van der Waals surface area contributed by atoms with Crippen LogP contribution in [0.25, 0.3) is 6.08 Å². The number of non-ortho nitro benzene ring substituents is 1. The van der Waals surface area contributed by atoms with Crippen LogP contribution in [0.5, 0.6) is 0 Å². The van der Waals surface area contributed by atoms with Crippen molar-refractivity contribution < 1.29 is 9.72 Å². The predicted molar refractivity (Wildman–Crippen MR) is 98.5 cm³/mol. The molecule has 0 atom stereocenters. The fourth-order valence-corrected chi connectivity index (χ4v) is 3.11. The zero-order valence-electron chi connectivity index (χ0n) is 13.9. The van der Waals surface area contributed by atoms with E-state index in [-0.39, 0.29) is 16.2 Å². The molecule has 0 unspecified atom stereocenters. The van der Waals surface area contributed by atoms with Gasteiger partial charge in [0.05, 0.1) is 4.92 Å². The molecule has 0 aliphatic heterocycles. The molecule has 0 aromatic heterocycles. The monoisotopic (exact) mass is 341 g/mol. The minimum atomic E-state index is -0.482. The van der Waals surface area contributed by atoms with Crippen LogP contribution in [-0.2, 0) is 0 Å². The zero-order chi connectivity index (χ0) is 17.7. The van der Waals surface area contributed by atoms with Crippen molar-refractivity contribution in [2.75, 3.05) is 0 Å². The maximum atomic E-state index is 12.2. The second-order valence-corrected chi connectivity index (χ2v) is 8.12. The van der Waals surface area contributed by atoms with Gasteiger partial charge in [0.2, 0.25) is 0 Å². The lowest BCUT2D eigenvalue weighted by molar-refractivity contribution is -0.384. The van der Waals surface area contributed by atoms with Crippen LogP contribution in [0.15, 0.2) is 59.5 Å². The second kappa shape index (κ2) is 7.45. The molecule has 0 heterocycles. The predicted octanol–water partition coefficient (Wildman–Crippen LogP) is 5.38. The summed E-state index contributed by atoms with van der Waals surface area (Å²) in [5.74, 6) is -0.180. The summed E-state index contributed by atoms with van der Waals surface area (Å²) in [6.07, 6.45) is 3.29. The van der Waals surface area contributed by atoms with Gasteiger partial charge < -0.3 is 0 Å². The van der Waals surface area contributed by atoms with E-state index in [1.54, 1.807) is 17.8 Å². The lowest BCUT2D eigenvalue weighted by atomic mass is 10.1. The van der Waals surface area contributed by atoms with E-state index >= 15 is 0 Å². The Bertz CT molecular complexity index is 774. The molecular formula is C19H19NO3S. The Balaban J connectivity index is 2.18. The zero-order valence-corrected chi connectivity index (χ0v) is 14.7. The molecule has 0 saturated carbocycles. The molecule has 0 N–H and O–H groups in total. The first-order valence-electron chi connectivity index (χ1n) is 7.51. The third-order valence-electron chi connectivity index (χ3n) is 3.11. The molecule has 0 saturated heterocycles. The Morgan fingerprint density at radius 3 is 2.29 bits per heavy atom. The number of nitrogens with zero attached hydrogens (tertiary/aromatic N) is 1. The van der Waals surface area contributed by atoms with E-state index < -0.39 is 4.92 Å². The Kier molecular flexibility index (Phi) is 5.57. The number of rotatable bonds is 5. The van der Waals surface area contributed by atoms with Gasteiger partial charge in [0.1, 0.15) is 0 Å². The molecule has 24 heavy (non-hydrogen) atoms. The number of hydrogen-bond acceptors (Lipinski definition) is 4. The standard InChI is InChI=1S/C19H19NO3S/c1-19(2,3)24-18-7-5-4-6-15(18)10-13-17(21)14-8-11-16(12-9-14)20(22)23/h4-13H,1-3H3/b13-10+. The van der Waals surface area contributed by atoms with Gasteiger partial charge >= 0.3 is 0 Å². The smallest absolute Gasteiger partial charge is 0.269 e. The number of thioether (sulfide) groups is 1. The van der Waals surface area contributed by atoms with E-state index in [1.165, 1.54) is 30.3 Å². The van der Waals surface area contributed by atoms with E-state index in [9.17, 15) is 14.9 Å². The van der Waals surface area contributed by atoms with E-state index in [4.69, 9.17) is 0 Å². The molecule has 0 aliphatic rings. The Morgan fingerprint density at radius 2 is 1.71 bits per heavy atom. The summed E-state index contributed by atoms with van der Waals surface area (Å²) in [5, 5.41) is 10.6. The van der Waals surface area contributed by atoms with Crippen molar-refractivity contribution in [1.82, 2.24) is 0 Å². The molecule has 0 radical (unpaired) electrons. The molecule has 0 spiro atoms. The topological polar surface area (TPSA) is 60.2 Å². The number of benzene rings is 2. The molecule has 5 heteroatoms. The van der Waals surface area contributed by atoms with E-state index in [1.807, 2.05) is 24.3 Å². The molecule has 0 aliphatic carbocycles. The van der Waals surface area contributed by atoms with Crippen molar-refractivity contribution in [3.8, 4) is 0 Å². The molecule has 0 bridgehead atoms. The number of nitro groups is 1. The minimum absolute atomic E-state index is 0.0255. The van der Waals surface area contributed by atoms with Crippen LogP contribution in [-0.4, -0.2) is 15.5 Å². The number of hydrogen-bond donors (Lipinski definition) is 0. The van der Waals surface area contributed by atoms with Crippen molar-refractivity contribution in [2.24, 2.45) is 0 Å². The van der Waals surface area contributed by atoms with Crippen molar-refractivity contribution in [3.05, 3.63) is 75.8 Å². The van der Waals surface area contributed by atoms with Crippen molar-refractivity contribution >= 4 is 29.3 Å². The molecule has 2 aromatic rings. The molecular weight excluding hydrogens is 322 g/mol. The number of ketones is 1. The highest BCUT2D eigenvalue weighted by atomic mass is 32.2. The average Bonchev–Trinajstić information content (AvgIpc) is 2.52. The Labute approximate surface area is 145 Å². The first kappa shape index (κ1) is 17.9. The normalized spacial score (nSPS) is 11.6. The summed E-state index contributed by atoms with van der Waals surface area (Å²) in [5.41, 5.74) is 1.38. The third kappa shape index (κ3) is 5.06. The first-order valence-corrected chi connectivity index (χ1v) is 8.33. The highest BCUT2D eigenvalue weighted by molar-refractivity contribution is 8.00. The summed E-state index contributed by atoms with van der Waals surface area (Å²) in [6.45, 7) is 6.42. The maximum absolute atomic E-state index is 12.2. The fraction of sp³-hybridized carbons (Fsp3) is 0.211. The maximum Gasteiger partial charge on any atom is 0.269 e. The van der Waals surface area contributed by atoms with Gasteiger partial charge in [0, 0.05) is 27.3 Å². The van der Waals surface area contributed by atoms with Gasteiger partial charge in [-0.15, -0.1) is 11.8 Å².